The quantitative estimate of drug-likeness (QED) is 0.485. The van der Waals surface area contributed by atoms with Crippen molar-refractivity contribution in [2.45, 2.75) is 45.8 Å². The number of methoxy groups -OCH3 is 1. The van der Waals surface area contributed by atoms with Gasteiger partial charge in [0.15, 0.2) is 17.2 Å². The van der Waals surface area contributed by atoms with Crippen molar-refractivity contribution in [2.75, 3.05) is 7.11 Å². The van der Waals surface area contributed by atoms with Crippen LogP contribution in [0, 0.1) is 13.8 Å². The van der Waals surface area contributed by atoms with Crippen LogP contribution in [0.2, 0.25) is 0 Å². The average Bonchev–Trinajstić information content (AvgIpc) is 2.81. The lowest BCUT2D eigenvalue weighted by atomic mass is 9.86. The van der Waals surface area contributed by atoms with Gasteiger partial charge in [-0.1, -0.05) is 59.7 Å². The van der Waals surface area contributed by atoms with Crippen LogP contribution in [0.3, 0.4) is 0 Å². The van der Waals surface area contributed by atoms with Crippen LogP contribution in [0.15, 0.2) is 60.8 Å². The molecule has 7 heteroatoms. The molecule has 0 aliphatic carbocycles. The molecule has 178 valence electrons. The number of pyridine rings is 1. The van der Waals surface area contributed by atoms with Gasteiger partial charge >= 0.3 is 5.97 Å². The van der Waals surface area contributed by atoms with E-state index >= 15 is 0 Å². The summed E-state index contributed by atoms with van der Waals surface area (Å²) in [4.78, 5) is 29.3. The molecule has 2 atom stereocenters. The summed E-state index contributed by atoms with van der Waals surface area (Å²) in [6.45, 7) is 7.41. The van der Waals surface area contributed by atoms with E-state index in [1.54, 1.807) is 0 Å². The van der Waals surface area contributed by atoms with Gasteiger partial charge in [0.25, 0.3) is 5.91 Å². The summed E-state index contributed by atoms with van der Waals surface area (Å²) in [6, 6.07) is 16.7. The first-order chi connectivity index (χ1) is 16.2. The first-order valence-electron chi connectivity index (χ1n) is 11.1. The Morgan fingerprint density at radius 2 is 1.44 bits per heavy atom. The van der Waals surface area contributed by atoms with Gasteiger partial charge in [-0.05, 0) is 38.8 Å². The van der Waals surface area contributed by atoms with Gasteiger partial charge < -0.3 is 19.9 Å². The van der Waals surface area contributed by atoms with Gasteiger partial charge in [-0.3, -0.25) is 4.79 Å². The molecule has 0 aliphatic rings. The van der Waals surface area contributed by atoms with Crippen molar-refractivity contribution in [3.05, 3.63) is 88.7 Å². The second kappa shape index (κ2) is 10.8. The van der Waals surface area contributed by atoms with E-state index in [1.807, 2.05) is 69.3 Å². The van der Waals surface area contributed by atoms with Crippen LogP contribution in [0.25, 0.3) is 0 Å². The molecule has 1 aromatic heterocycles. The minimum absolute atomic E-state index is 0.114. The summed E-state index contributed by atoms with van der Waals surface area (Å²) in [5.41, 5.74) is 4.10. The van der Waals surface area contributed by atoms with Crippen LogP contribution in [0.4, 0.5) is 0 Å². The summed E-state index contributed by atoms with van der Waals surface area (Å²) in [7, 11) is 1.37. The first-order valence-corrected chi connectivity index (χ1v) is 11.1. The van der Waals surface area contributed by atoms with Crippen LogP contribution in [-0.2, 0) is 9.53 Å². The van der Waals surface area contributed by atoms with Gasteiger partial charge in [0.05, 0.1) is 7.11 Å². The molecule has 1 amide bonds. The number of nitrogens with zero attached hydrogens (tertiary/aromatic N) is 1. The van der Waals surface area contributed by atoms with Gasteiger partial charge in [-0.25, -0.2) is 9.78 Å². The maximum atomic E-state index is 12.9. The zero-order chi connectivity index (χ0) is 24.8. The normalized spacial score (nSPS) is 12.6. The topological polar surface area (TPSA) is 97.8 Å². The Morgan fingerprint density at radius 3 is 1.94 bits per heavy atom. The lowest BCUT2D eigenvalue weighted by molar-refractivity contribution is -0.150. The number of aryl methyl sites for hydroxylation is 2. The van der Waals surface area contributed by atoms with Crippen molar-refractivity contribution >= 4 is 11.9 Å². The van der Waals surface area contributed by atoms with Gasteiger partial charge in [0, 0.05) is 18.2 Å². The summed E-state index contributed by atoms with van der Waals surface area (Å²) in [6.07, 6.45) is 0.840. The third kappa shape index (κ3) is 5.73. The monoisotopic (exact) mass is 462 g/mol. The molecule has 0 spiro atoms. The minimum atomic E-state index is -0.959. The van der Waals surface area contributed by atoms with Crippen LogP contribution >= 0.6 is 0 Å². The van der Waals surface area contributed by atoms with E-state index in [0.29, 0.717) is 0 Å². The molecule has 2 aromatic carbocycles. The standard InChI is InChI=1S/C27H30N2O5/c1-16-6-10-20(11-7-16)23(21-12-8-17(2)9-13-21)19(4)34-27(32)18(3)29-26(31)24-25(30)22(33-5)14-15-28-24/h6-15,18-19,23,30H,1-5H3,(H,29,31)/t18-,19-/m0/s1. The highest BCUT2D eigenvalue weighted by molar-refractivity contribution is 5.97. The molecule has 2 N–H and O–H groups in total. The zero-order valence-electron chi connectivity index (χ0n) is 20.0. The van der Waals surface area contributed by atoms with Crippen LogP contribution in [-0.4, -0.2) is 41.2 Å². The number of carbonyl (C=O) groups excluding carboxylic acids is 2. The third-order valence-electron chi connectivity index (χ3n) is 5.67. The predicted octanol–water partition coefficient (Wildman–Crippen LogP) is 4.29. The molecule has 0 bridgehead atoms. The van der Waals surface area contributed by atoms with E-state index in [0.717, 1.165) is 22.3 Å². The number of aromatic nitrogens is 1. The Morgan fingerprint density at radius 1 is 0.912 bits per heavy atom. The molecular weight excluding hydrogens is 432 g/mol. The summed E-state index contributed by atoms with van der Waals surface area (Å²) < 4.78 is 10.8. The zero-order valence-corrected chi connectivity index (χ0v) is 20.0. The van der Waals surface area contributed by atoms with Crippen molar-refractivity contribution < 1.29 is 24.2 Å². The lowest BCUT2D eigenvalue weighted by Crippen LogP contribution is -2.41. The number of aromatic hydroxyl groups is 1. The Labute approximate surface area is 199 Å². The summed E-state index contributed by atoms with van der Waals surface area (Å²) >= 11 is 0. The number of benzene rings is 2. The van der Waals surface area contributed by atoms with Gasteiger partial charge in [0.1, 0.15) is 12.1 Å². The molecule has 3 aromatic rings. The molecule has 0 unspecified atom stereocenters. The molecule has 34 heavy (non-hydrogen) atoms. The molecule has 7 nitrogen and oxygen atoms in total. The number of amides is 1. The van der Waals surface area contributed by atoms with Crippen molar-refractivity contribution in [2.24, 2.45) is 0 Å². The number of esters is 1. The van der Waals surface area contributed by atoms with Crippen molar-refractivity contribution in [3.63, 3.8) is 0 Å². The Balaban J connectivity index is 1.76. The van der Waals surface area contributed by atoms with Crippen LogP contribution in [0.1, 0.15) is 52.5 Å². The van der Waals surface area contributed by atoms with Crippen LogP contribution < -0.4 is 10.1 Å². The molecule has 1 heterocycles. The minimum Gasteiger partial charge on any atom is -0.503 e. The van der Waals surface area contributed by atoms with Gasteiger partial charge in [-0.15, -0.1) is 0 Å². The Hall–Kier alpha value is -3.87. The SMILES string of the molecule is COc1ccnc(C(=O)N[C@@H](C)C(=O)O[C@@H](C)C(c2ccc(C)cc2)c2ccc(C)cc2)c1O. The molecule has 0 aliphatic heterocycles. The summed E-state index contributed by atoms with van der Waals surface area (Å²) in [5, 5.41) is 12.7. The number of hydrogen-bond acceptors (Lipinski definition) is 6. The third-order valence-corrected chi connectivity index (χ3v) is 5.67. The first kappa shape index (κ1) is 24.8. The maximum Gasteiger partial charge on any atom is 0.328 e. The predicted molar refractivity (Wildman–Crippen MR) is 129 cm³/mol. The van der Waals surface area contributed by atoms with Crippen molar-refractivity contribution in [3.8, 4) is 11.5 Å². The maximum absolute atomic E-state index is 12.9. The van der Waals surface area contributed by atoms with Crippen molar-refractivity contribution in [1.82, 2.24) is 10.3 Å². The molecule has 3 rings (SSSR count). The van der Waals surface area contributed by atoms with E-state index in [4.69, 9.17) is 9.47 Å². The number of hydrogen-bond donors (Lipinski definition) is 2. The second-order valence-electron chi connectivity index (χ2n) is 8.35. The summed E-state index contributed by atoms with van der Waals surface area (Å²) in [5.74, 6) is -1.76. The average molecular weight is 463 g/mol. The fraction of sp³-hybridized carbons (Fsp3) is 0.296. The van der Waals surface area contributed by atoms with E-state index in [9.17, 15) is 14.7 Å². The van der Waals surface area contributed by atoms with E-state index in [2.05, 4.69) is 10.3 Å². The molecular formula is C27H30N2O5. The molecule has 0 fully saturated rings. The van der Waals surface area contributed by atoms with Crippen LogP contribution in [0.5, 0.6) is 11.5 Å². The highest BCUT2D eigenvalue weighted by atomic mass is 16.5. The van der Waals surface area contributed by atoms with Gasteiger partial charge in [-0.2, -0.15) is 0 Å². The van der Waals surface area contributed by atoms with Gasteiger partial charge in [0.2, 0.25) is 0 Å². The molecule has 0 saturated carbocycles. The number of ether oxygens (including phenoxy) is 2. The smallest absolute Gasteiger partial charge is 0.328 e. The highest BCUT2D eigenvalue weighted by Crippen LogP contribution is 2.31. The number of carbonyl (C=O) groups is 2. The lowest BCUT2D eigenvalue weighted by Gasteiger charge is -2.27. The highest BCUT2D eigenvalue weighted by Gasteiger charge is 2.28. The fourth-order valence-corrected chi connectivity index (χ4v) is 3.73. The largest absolute Gasteiger partial charge is 0.503 e. The Bertz CT molecular complexity index is 1100. The second-order valence-corrected chi connectivity index (χ2v) is 8.35. The molecule has 0 radical (unpaired) electrons. The number of rotatable bonds is 8. The molecule has 0 saturated heterocycles. The number of nitrogens with one attached hydrogen (secondary N) is 1. The fourth-order valence-electron chi connectivity index (χ4n) is 3.73. The van der Waals surface area contributed by atoms with Crippen molar-refractivity contribution in [1.29, 1.82) is 0 Å². The van der Waals surface area contributed by atoms with E-state index in [1.165, 1.54) is 26.3 Å². The Kier molecular flexibility index (Phi) is 7.89. The van der Waals surface area contributed by atoms with E-state index in [-0.39, 0.29) is 17.4 Å². The van der Waals surface area contributed by atoms with E-state index < -0.39 is 29.8 Å².